The molecule has 0 radical (unpaired) electrons. The van der Waals surface area contributed by atoms with E-state index in [2.05, 4.69) is 10.6 Å². The zero-order valence-corrected chi connectivity index (χ0v) is 16.3. The number of nitro benzene ring substituents is 1. The molecule has 0 aliphatic rings. The predicted molar refractivity (Wildman–Crippen MR) is 118 cm³/mol. The average Bonchev–Trinajstić information content (AvgIpc) is 3.17. The van der Waals surface area contributed by atoms with Gasteiger partial charge in [-0.25, -0.2) is 0 Å². The van der Waals surface area contributed by atoms with Crippen LogP contribution in [-0.2, 0) is 11.3 Å². The highest BCUT2D eigenvalue weighted by molar-refractivity contribution is 6.07. The summed E-state index contributed by atoms with van der Waals surface area (Å²) in [6, 6.07) is 22.0. The van der Waals surface area contributed by atoms with E-state index in [0.717, 1.165) is 0 Å². The number of anilines is 2. The minimum absolute atomic E-state index is 0.00205. The number of fused-ring (bicyclic) bond motifs is 1. The third-order valence-corrected chi connectivity index (χ3v) is 4.76. The van der Waals surface area contributed by atoms with Crippen LogP contribution in [0.3, 0.4) is 0 Å². The molecule has 0 aliphatic carbocycles. The van der Waals surface area contributed by atoms with E-state index in [1.807, 2.05) is 6.07 Å². The second-order valence-corrected chi connectivity index (χ2v) is 6.86. The first-order valence-electron chi connectivity index (χ1n) is 9.50. The smallest absolute Gasteiger partial charge is 0.270 e. The number of hydrogen-bond donors (Lipinski definition) is 2. The van der Waals surface area contributed by atoms with Gasteiger partial charge in [-0.3, -0.25) is 19.7 Å². The fourth-order valence-corrected chi connectivity index (χ4v) is 3.27. The van der Waals surface area contributed by atoms with Gasteiger partial charge in [0.25, 0.3) is 11.6 Å². The molecule has 4 aromatic rings. The molecule has 4 rings (SSSR count). The maximum atomic E-state index is 12.7. The Labute approximate surface area is 177 Å². The Morgan fingerprint density at radius 2 is 1.55 bits per heavy atom. The van der Waals surface area contributed by atoms with Crippen molar-refractivity contribution in [3.8, 4) is 0 Å². The summed E-state index contributed by atoms with van der Waals surface area (Å²) in [5, 5.41) is 17.2. The number of amides is 2. The maximum Gasteiger partial charge on any atom is 0.270 e. The number of benzene rings is 3. The van der Waals surface area contributed by atoms with Crippen molar-refractivity contribution in [2.75, 3.05) is 10.6 Å². The van der Waals surface area contributed by atoms with Gasteiger partial charge in [0, 0.05) is 34.8 Å². The first kappa shape index (κ1) is 19.8. The van der Waals surface area contributed by atoms with Crippen LogP contribution in [0.2, 0.25) is 0 Å². The molecule has 3 aromatic carbocycles. The summed E-state index contributed by atoms with van der Waals surface area (Å²) in [5.41, 5.74) is 2.18. The van der Waals surface area contributed by atoms with Crippen LogP contribution in [-0.4, -0.2) is 21.3 Å². The molecule has 0 atom stereocenters. The van der Waals surface area contributed by atoms with E-state index >= 15 is 0 Å². The van der Waals surface area contributed by atoms with Gasteiger partial charge in [-0.15, -0.1) is 0 Å². The van der Waals surface area contributed by atoms with Crippen molar-refractivity contribution in [3.05, 3.63) is 101 Å². The summed E-state index contributed by atoms with van der Waals surface area (Å²) in [5.74, 6) is -0.572. The van der Waals surface area contributed by atoms with Crippen molar-refractivity contribution in [3.63, 3.8) is 0 Å². The zero-order chi connectivity index (χ0) is 21.8. The lowest BCUT2D eigenvalue weighted by Crippen LogP contribution is -2.20. The van der Waals surface area contributed by atoms with Crippen molar-refractivity contribution in [1.82, 2.24) is 4.57 Å². The van der Waals surface area contributed by atoms with E-state index in [1.54, 1.807) is 71.4 Å². The third kappa shape index (κ3) is 4.43. The maximum absolute atomic E-state index is 12.7. The van der Waals surface area contributed by atoms with Gasteiger partial charge < -0.3 is 15.2 Å². The highest BCUT2D eigenvalue weighted by Crippen LogP contribution is 2.24. The normalized spacial score (nSPS) is 10.6. The standard InChI is InChI=1S/C23H18N4O4/c28-22(15-26-13-12-17-14-18(27(30)31)10-11-21(17)26)24-19-8-4-5-9-20(19)25-23(29)16-6-2-1-3-7-16/h1-14H,15H2,(H,24,28)(H,25,29). The lowest BCUT2D eigenvalue weighted by atomic mass is 10.2. The van der Waals surface area contributed by atoms with Gasteiger partial charge in [0.05, 0.1) is 16.3 Å². The van der Waals surface area contributed by atoms with Gasteiger partial charge in [-0.1, -0.05) is 30.3 Å². The van der Waals surface area contributed by atoms with Gasteiger partial charge in [0.1, 0.15) is 6.54 Å². The molecule has 2 amide bonds. The van der Waals surface area contributed by atoms with Gasteiger partial charge in [0.15, 0.2) is 0 Å². The van der Waals surface area contributed by atoms with Crippen LogP contribution in [0.4, 0.5) is 17.1 Å². The summed E-state index contributed by atoms with van der Waals surface area (Å²) >= 11 is 0. The van der Waals surface area contributed by atoms with Crippen LogP contribution in [0.15, 0.2) is 85.1 Å². The summed E-state index contributed by atoms with van der Waals surface area (Å²) in [7, 11) is 0. The lowest BCUT2D eigenvalue weighted by Gasteiger charge is -2.13. The Balaban J connectivity index is 1.49. The van der Waals surface area contributed by atoms with Crippen LogP contribution >= 0.6 is 0 Å². The van der Waals surface area contributed by atoms with Crippen LogP contribution in [0.5, 0.6) is 0 Å². The fraction of sp³-hybridized carbons (Fsp3) is 0.0435. The molecule has 0 bridgehead atoms. The first-order chi connectivity index (χ1) is 15.0. The second kappa shape index (κ2) is 8.50. The van der Waals surface area contributed by atoms with Gasteiger partial charge >= 0.3 is 0 Å². The van der Waals surface area contributed by atoms with E-state index in [9.17, 15) is 19.7 Å². The monoisotopic (exact) mass is 414 g/mol. The molecule has 31 heavy (non-hydrogen) atoms. The number of aromatic nitrogens is 1. The minimum atomic E-state index is -0.454. The number of hydrogen-bond acceptors (Lipinski definition) is 4. The van der Waals surface area contributed by atoms with Crippen LogP contribution in [0.25, 0.3) is 10.9 Å². The Morgan fingerprint density at radius 1 is 0.871 bits per heavy atom. The highest BCUT2D eigenvalue weighted by atomic mass is 16.6. The molecule has 2 N–H and O–H groups in total. The number of rotatable bonds is 6. The SMILES string of the molecule is O=C(Cn1ccc2cc([N+](=O)[O-])ccc21)Nc1ccccc1NC(=O)c1ccccc1. The average molecular weight is 414 g/mol. The highest BCUT2D eigenvalue weighted by Gasteiger charge is 2.13. The zero-order valence-electron chi connectivity index (χ0n) is 16.3. The third-order valence-electron chi connectivity index (χ3n) is 4.76. The molecular formula is C23H18N4O4. The molecule has 0 fully saturated rings. The first-order valence-corrected chi connectivity index (χ1v) is 9.50. The molecule has 0 saturated heterocycles. The Kier molecular flexibility index (Phi) is 5.44. The quantitative estimate of drug-likeness (QED) is 0.359. The van der Waals surface area contributed by atoms with Gasteiger partial charge in [-0.2, -0.15) is 0 Å². The number of carbonyl (C=O) groups excluding carboxylic acids is 2. The number of nitrogens with zero attached hydrogens (tertiary/aromatic N) is 2. The van der Waals surface area contributed by atoms with Crippen molar-refractivity contribution < 1.29 is 14.5 Å². The van der Waals surface area contributed by atoms with E-state index < -0.39 is 4.92 Å². The number of nitrogens with one attached hydrogen (secondary N) is 2. The van der Waals surface area contributed by atoms with Gasteiger partial charge in [0.2, 0.25) is 5.91 Å². The molecule has 1 heterocycles. The van der Waals surface area contributed by atoms with Crippen molar-refractivity contribution in [1.29, 1.82) is 0 Å². The minimum Gasteiger partial charge on any atom is -0.338 e. The van der Waals surface area contributed by atoms with Gasteiger partial charge in [-0.05, 0) is 36.4 Å². The predicted octanol–water partition coefficient (Wildman–Crippen LogP) is 4.44. The van der Waals surface area contributed by atoms with Crippen molar-refractivity contribution >= 4 is 39.8 Å². The Morgan fingerprint density at radius 3 is 2.26 bits per heavy atom. The molecular weight excluding hydrogens is 396 g/mol. The largest absolute Gasteiger partial charge is 0.338 e. The van der Waals surface area contributed by atoms with Crippen LogP contribution < -0.4 is 10.6 Å². The molecule has 8 nitrogen and oxygen atoms in total. The topological polar surface area (TPSA) is 106 Å². The van der Waals surface area contributed by atoms with E-state index in [4.69, 9.17) is 0 Å². The summed E-state index contributed by atoms with van der Waals surface area (Å²) in [4.78, 5) is 35.6. The number of para-hydroxylation sites is 2. The molecule has 0 saturated carbocycles. The van der Waals surface area contributed by atoms with Crippen LogP contribution in [0, 0.1) is 10.1 Å². The summed E-state index contributed by atoms with van der Waals surface area (Å²) < 4.78 is 1.71. The molecule has 0 aliphatic heterocycles. The van der Waals surface area contributed by atoms with Crippen LogP contribution in [0.1, 0.15) is 10.4 Å². The number of non-ortho nitro benzene ring substituents is 1. The summed E-state index contributed by atoms with van der Waals surface area (Å²) in [6.45, 7) is 0.0161. The van der Waals surface area contributed by atoms with E-state index in [0.29, 0.717) is 27.8 Å². The van der Waals surface area contributed by atoms with E-state index in [1.165, 1.54) is 12.1 Å². The Bertz CT molecular complexity index is 1280. The van der Waals surface area contributed by atoms with Crippen molar-refractivity contribution in [2.24, 2.45) is 0 Å². The molecule has 1 aromatic heterocycles. The van der Waals surface area contributed by atoms with Crippen molar-refractivity contribution in [2.45, 2.75) is 6.54 Å². The second-order valence-electron chi connectivity index (χ2n) is 6.86. The van der Waals surface area contributed by atoms with E-state index in [-0.39, 0.29) is 24.0 Å². The lowest BCUT2D eigenvalue weighted by molar-refractivity contribution is -0.384. The molecule has 0 spiro atoms. The molecule has 8 heteroatoms. The number of carbonyl (C=O) groups is 2. The summed E-state index contributed by atoms with van der Waals surface area (Å²) in [6.07, 6.45) is 1.71. The molecule has 154 valence electrons. The Hall–Kier alpha value is -4.46. The molecule has 0 unspecified atom stereocenters. The fourth-order valence-electron chi connectivity index (χ4n) is 3.27. The number of nitro groups is 1.